The molecule has 108 valence electrons. The lowest BCUT2D eigenvalue weighted by Crippen LogP contribution is -2.24. The van der Waals surface area contributed by atoms with Gasteiger partial charge >= 0.3 is 5.97 Å². The topological polar surface area (TPSA) is 122 Å². The van der Waals surface area contributed by atoms with Gasteiger partial charge in [-0.2, -0.15) is 0 Å². The molecule has 0 amide bonds. The molecule has 0 spiro atoms. The van der Waals surface area contributed by atoms with Gasteiger partial charge in [0.2, 0.25) is 5.89 Å². The minimum atomic E-state index is -3.96. The quantitative estimate of drug-likeness (QED) is 0.810. The molecule has 0 atom stereocenters. The Labute approximate surface area is 118 Å². The highest BCUT2D eigenvalue weighted by atomic mass is 32.2. The summed E-state index contributed by atoms with van der Waals surface area (Å²) in [5, 5.41) is 8.86. The number of nitrogens with one attached hydrogen (secondary N) is 1. The van der Waals surface area contributed by atoms with Gasteiger partial charge in [0, 0.05) is 6.42 Å². The van der Waals surface area contributed by atoms with E-state index in [4.69, 9.17) is 9.52 Å². The number of sulfonamides is 1. The molecule has 0 bridgehead atoms. The Balaban J connectivity index is 2.15. The minimum Gasteiger partial charge on any atom is -0.476 e. The van der Waals surface area contributed by atoms with Crippen molar-refractivity contribution in [3.05, 3.63) is 29.1 Å². The summed E-state index contributed by atoms with van der Waals surface area (Å²) in [5.41, 5.74) is 0.669. The van der Waals surface area contributed by atoms with Gasteiger partial charge in [-0.25, -0.2) is 27.9 Å². The Hall–Kier alpha value is -1.78. The molecule has 0 aromatic carbocycles. The molecular weight excluding hydrogens is 306 g/mol. The summed E-state index contributed by atoms with van der Waals surface area (Å²) in [6.07, 6.45) is 2.16. The molecule has 2 aromatic rings. The zero-order valence-corrected chi connectivity index (χ0v) is 12.0. The van der Waals surface area contributed by atoms with E-state index in [1.54, 1.807) is 0 Å². The predicted molar refractivity (Wildman–Crippen MR) is 69.0 cm³/mol. The number of oxazole rings is 1. The van der Waals surface area contributed by atoms with Crippen LogP contribution in [-0.4, -0.2) is 29.5 Å². The zero-order chi connectivity index (χ0) is 14.8. The number of aryl methyl sites for hydroxylation is 1. The van der Waals surface area contributed by atoms with Gasteiger partial charge in [-0.3, -0.25) is 0 Å². The second-order valence-electron chi connectivity index (χ2n) is 3.69. The first kappa shape index (κ1) is 14.6. The lowest BCUT2D eigenvalue weighted by atomic mass is 10.4. The van der Waals surface area contributed by atoms with E-state index in [-0.39, 0.29) is 16.6 Å². The van der Waals surface area contributed by atoms with Crippen molar-refractivity contribution in [1.82, 2.24) is 14.7 Å². The van der Waals surface area contributed by atoms with Gasteiger partial charge in [-0.05, 0) is 0 Å². The lowest BCUT2D eigenvalue weighted by molar-refractivity contribution is 0.0687. The van der Waals surface area contributed by atoms with E-state index in [9.17, 15) is 13.2 Å². The fourth-order valence-corrected chi connectivity index (χ4v) is 3.54. The Morgan fingerprint density at radius 3 is 2.85 bits per heavy atom. The summed E-state index contributed by atoms with van der Waals surface area (Å²) in [5.74, 6) is -0.536. The number of carboxylic acid groups (broad SMARTS) is 1. The van der Waals surface area contributed by atoms with Gasteiger partial charge in [0.15, 0.2) is 9.90 Å². The van der Waals surface area contributed by atoms with Crippen LogP contribution in [0, 0.1) is 0 Å². The van der Waals surface area contributed by atoms with Crippen LogP contribution in [0.2, 0.25) is 0 Å². The average Bonchev–Trinajstić information content (AvgIpc) is 3.05. The number of thiazole rings is 1. The molecule has 0 aliphatic carbocycles. The Kier molecular flexibility index (Phi) is 4.16. The molecule has 2 N–H and O–H groups in total. The van der Waals surface area contributed by atoms with Crippen LogP contribution in [0.4, 0.5) is 0 Å². The molecule has 0 unspecified atom stereocenters. The molecule has 0 aliphatic rings. The molecule has 20 heavy (non-hydrogen) atoms. The third-order valence-corrected chi connectivity index (χ3v) is 5.12. The molecule has 0 radical (unpaired) electrons. The molecule has 2 aromatic heterocycles. The molecule has 2 heterocycles. The minimum absolute atomic E-state index is 0.153. The van der Waals surface area contributed by atoms with Crippen LogP contribution in [0.25, 0.3) is 0 Å². The highest BCUT2D eigenvalue weighted by molar-refractivity contribution is 7.91. The maximum absolute atomic E-state index is 12.0. The molecule has 0 fully saturated rings. The third kappa shape index (κ3) is 3.03. The van der Waals surface area contributed by atoms with Gasteiger partial charge in [0.1, 0.15) is 5.76 Å². The summed E-state index contributed by atoms with van der Waals surface area (Å²) < 4.78 is 31.1. The van der Waals surface area contributed by atoms with Crippen LogP contribution in [0.15, 0.2) is 20.3 Å². The molecule has 2 rings (SSSR count). The highest BCUT2D eigenvalue weighted by Crippen LogP contribution is 2.20. The lowest BCUT2D eigenvalue weighted by Gasteiger charge is -2.02. The van der Waals surface area contributed by atoms with Gasteiger partial charge in [-0.1, -0.05) is 6.92 Å². The van der Waals surface area contributed by atoms with Crippen LogP contribution in [-0.2, 0) is 23.0 Å². The number of carbonyl (C=O) groups is 1. The standard InChI is InChI=1S/C10H11N3O5S2/c1-2-6-3-11-7(18-6)4-13-20(16,17)10-8(9(14)15)12-5-19-10/h3,5,13H,2,4H2,1H3,(H,14,15). The van der Waals surface area contributed by atoms with Gasteiger partial charge in [-0.15, -0.1) is 11.3 Å². The van der Waals surface area contributed by atoms with Gasteiger partial charge in [0.05, 0.1) is 18.3 Å². The van der Waals surface area contributed by atoms with E-state index >= 15 is 0 Å². The summed E-state index contributed by atoms with van der Waals surface area (Å²) in [6, 6.07) is 0. The fourth-order valence-electron chi connectivity index (χ4n) is 1.38. The predicted octanol–water partition coefficient (Wildman–Crippen LogP) is 0.870. The molecular formula is C10H11N3O5S2. The molecule has 8 nitrogen and oxygen atoms in total. The van der Waals surface area contributed by atoms with E-state index in [0.29, 0.717) is 12.2 Å². The smallest absolute Gasteiger partial charge is 0.356 e. The van der Waals surface area contributed by atoms with Gasteiger partial charge in [0.25, 0.3) is 10.0 Å². The number of nitrogens with zero attached hydrogens (tertiary/aromatic N) is 2. The van der Waals surface area contributed by atoms with Crippen LogP contribution < -0.4 is 4.72 Å². The number of carboxylic acids is 1. The average molecular weight is 317 g/mol. The summed E-state index contributed by atoms with van der Waals surface area (Å²) in [7, 11) is -3.96. The van der Waals surface area contributed by atoms with Crippen molar-refractivity contribution in [3.8, 4) is 0 Å². The van der Waals surface area contributed by atoms with Crippen molar-refractivity contribution in [2.24, 2.45) is 0 Å². The first-order chi connectivity index (χ1) is 9.44. The SMILES string of the molecule is CCc1cnc(CNS(=O)(=O)c2scnc2C(=O)O)o1. The molecule has 10 heteroatoms. The highest BCUT2D eigenvalue weighted by Gasteiger charge is 2.25. The van der Waals surface area contributed by atoms with Crippen molar-refractivity contribution in [2.75, 3.05) is 0 Å². The Morgan fingerprint density at radius 2 is 2.25 bits per heavy atom. The van der Waals surface area contributed by atoms with E-state index in [2.05, 4.69) is 14.7 Å². The number of aromatic nitrogens is 2. The van der Waals surface area contributed by atoms with Crippen molar-refractivity contribution >= 4 is 27.3 Å². The zero-order valence-electron chi connectivity index (χ0n) is 10.4. The fraction of sp³-hybridized carbons (Fsp3) is 0.300. The largest absolute Gasteiger partial charge is 0.476 e. The van der Waals surface area contributed by atoms with E-state index in [1.165, 1.54) is 11.7 Å². The van der Waals surface area contributed by atoms with Crippen molar-refractivity contribution in [3.63, 3.8) is 0 Å². The third-order valence-electron chi connectivity index (χ3n) is 2.34. The summed E-state index contributed by atoms with van der Waals surface area (Å²) in [4.78, 5) is 18.3. The van der Waals surface area contributed by atoms with Crippen LogP contribution in [0.1, 0.15) is 29.1 Å². The summed E-state index contributed by atoms with van der Waals surface area (Å²) in [6.45, 7) is 1.73. The molecule has 0 saturated heterocycles. The van der Waals surface area contributed by atoms with E-state index < -0.39 is 21.7 Å². The van der Waals surface area contributed by atoms with Crippen LogP contribution in [0.5, 0.6) is 0 Å². The second-order valence-corrected chi connectivity index (χ2v) is 6.51. The monoisotopic (exact) mass is 317 g/mol. The van der Waals surface area contributed by atoms with Crippen molar-refractivity contribution < 1.29 is 22.7 Å². The van der Waals surface area contributed by atoms with Crippen LogP contribution >= 0.6 is 11.3 Å². The first-order valence-electron chi connectivity index (χ1n) is 5.54. The first-order valence-corrected chi connectivity index (χ1v) is 7.90. The number of hydrogen-bond acceptors (Lipinski definition) is 7. The Bertz CT molecular complexity index is 719. The van der Waals surface area contributed by atoms with E-state index in [0.717, 1.165) is 11.3 Å². The maximum atomic E-state index is 12.0. The Morgan fingerprint density at radius 1 is 1.50 bits per heavy atom. The van der Waals surface area contributed by atoms with E-state index in [1.807, 2.05) is 6.92 Å². The van der Waals surface area contributed by atoms with Gasteiger partial charge < -0.3 is 9.52 Å². The normalized spacial score (nSPS) is 11.7. The second kappa shape index (κ2) is 5.69. The summed E-state index contributed by atoms with van der Waals surface area (Å²) >= 11 is 0.736. The number of rotatable bonds is 6. The molecule has 0 saturated carbocycles. The molecule has 0 aliphatic heterocycles. The van der Waals surface area contributed by atoms with Crippen molar-refractivity contribution in [2.45, 2.75) is 24.1 Å². The number of aromatic carboxylic acids is 1. The number of hydrogen-bond donors (Lipinski definition) is 2. The van der Waals surface area contributed by atoms with Crippen molar-refractivity contribution in [1.29, 1.82) is 0 Å². The van der Waals surface area contributed by atoms with Crippen LogP contribution in [0.3, 0.4) is 0 Å². The maximum Gasteiger partial charge on any atom is 0.356 e.